The summed E-state index contributed by atoms with van der Waals surface area (Å²) < 4.78 is 11.4. The van der Waals surface area contributed by atoms with E-state index in [1.54, 1.807) is 18.2 Å². The van der Waals surface area contributed by atoms with Crippen molar-refractivity contribution >= 4 is 33.5 Å². The Morgan fingerprint density at radius 3 is 2.70 bits per heavy atom. The van der Waals surface area contributed by atoms with Crippen molar-refractivity contribution in [3.05, 3.63) is 27.7 Å². The standard InChI is InChI=1S/C11H11BrClN5O2/c1-2-19-10-15-9(18-14)16-11(17-10)20-8-4-3-6(13)5-7(8)12/h3-5H,2,14H2,1H3,(H,15,16,17,18). The lowest BCUT2D eigenvalue weighted by Gasteiger charge is -2.08. The van der Waals surface area contributed by atoms with Crippen LogP contribution in [0.5, 0.6) is 17.8 Å². The van der Waals surface area contributed by atoms with Crippen molar-refractivity contribution in [2.45, 2.75) is 6.92 Å². The molecule has 0 spiro atoms. The molecule has 0 radical (unpaired) electrons. The summed E-state index contributed by atoms with van der Waals surface area (Å²) in [6.45, 7) is 2.23. The molecular formula is C11H11BrClN5O2. The van der Waals surface area contributed by atoms with Gasteiger partial charge >= 0.3 is 12.0 Å². The van der Waals surface area contributed by atoms with Crippen molar-refractivity contribution in [2.24, 2.45) is 5.84 Å². The zero-order valence-corrected chi connectivity index (χ0v) is 12.8. The highest BCUT2D eigenvalue weighted by atomic mass is 79.9. The van der Waals surface area contributed by atoms with Crippen LogP contribution < -0.4 is 20.7 Å². The van der Waals surface area contributed by atoms with Crippen LogP contribution in [-0.2, 0) is 0 Å². The number of nitrogens with two attached hydrogens (primary N) is 1. The molecular weight excluding hydrogens is 350 g/mol. The molecule has 2 rings (SSSR count). The minimum Gasteiger partial charge on any atom is -0.464 e. The molecule has 0 aliphatic rings. The van der Waals surface area contributed by atoms with E-state index in [0.29, 0.717) is 21.9 Å². The first-order valence-electron chi connectivity index (χ1n) is 5.60. The molecule has 1 aromatic heterocycles. The van der Waals surface area contributed by atoms with Gasteiger partial charge in [-0.2, -0.15) is 9.97 Å². The van der Waals surface area contributed by atoms with E-state index >= 15 is 0 Å². The van der Waals surface area contributed by atoms with Crippen LogP contribution in [0.1, 0.15) is 6.92 Å². The van der Waals surface area contributed by atoms with Crippen LogP contribution in [0.3, 0.4) is 0 Å². The average Bonchev–Trinajstić information content (AvgIpc) is 2.42. The molecule has 106 valence electrons. The molecule has 0 unspecified atom stereocenters. The highest BCUT2D eigenvalue weighted by Crippen LogP contribution is 2.31. The molecule has 0 amide bonds. The maximum Gasteiger partial charge on any atom is 0.330 e. The number of anilines is 1. The maximum atomic E-state index is 5.86. The van der Waals surface area contributed by atoms with Crippen LogP contribution >= 0.6 is 27.5 Å². The summed E-state index contributed by atoms with van der Waals surface area (Å²) in [7, 11) is 0. The number of hydrogen-bond acceptors (Lipinski definition) is 7. The number of nitrogens with zero attached hydrogens (tertiary/aromatic N) is 3. The number of benzene rings is 1. The third-order valence-electron chi connectivity index (χ3n) is 2.09. The second-order valence-electron chi connectivity index (χ2n) is 3.48. The monoisotopic (exact) mass is 359 g/mol. The number of ether oxygens (including phenoxy) is 2. The largest absolute Gasteiger partial charge is 0.464 e. The molecule has 0 fully saturated rings. The van der Waals surface area contributed by atoms with Gasteiger partial charge in [0.1, 0.15) is 5.75 Å². The molecule has 0 saturated heterocycles. The van der Waals surface area contributed by atoms with E-state index in [1.165, 1.54) is 0 Å². The lowest BCUT2D eigenvalue weighted by atomic mass is 10.3. The predicted octanol–water partition coefficient (Wildman–Crippen LogP) is 2.76. The molecule has 0 bridgehead atoms. The van der Waals surface area contributed by atoms with Crippen LogP contribution in [0.25, 0.3) is 0 Å². The fourth-order valence-corrected chi connectivity index (χ4v) is 2.06. The van der Waals surface area contributed by atoms with Crippen LogP contribution in [0.15, 0.2) is 22.7 Å². The van der Waals surface area contributed by atoms with Crippen LogP contribution in [-0.4, -0.2) is 21.6 Å². The summed E-state index contributed by atoms with van der Waals surface area (Å²) >= 11 is 9.20. The second-order valence-corrected chi connectivity index (χ2v) is 4.77. The summed E-state index contributed by atoms with van der Waals surface area (Å²) in [5, 5.41) is 0.583. The smallest absolute Gasteiger partial charge is 0.330 e. The van der Waals surface area contributed by atoms with E-state index in [0.717, 1.165) is 0 Å². The van der Waals surface area contributed by atoms with Gasteiger partial charge in [-0.3, -0.25) is 5.43 Å². The highest BCUT2D eigenvalue weighted by Gasteiger charge is 2.10. The third-order valence-corrected chi connectivity index (χ3v) is 2.95. The number of aromatic nitrogens is 3. The zero-order valence-electron chi connectivity index (χ0n) is 10.4. The summed E-state index contributed by atoms with van der Waals surface area (Å²) in [4.78, 5) is 11.9. The Labute approximate surface area is 128 Å². The molecule has 3 N–H and O–H groups in total. The van der Waals surface area contributed by atoms with Gasteiger partial charge in [-0.25, -0.2) is 5.84 Å². The maximum absolute atomic E-state index is 5.86. The van der Waals surface area contributed by atoms with E-state index in [-0.39, 0.29) is 18.0 Å². The van der Waals surface area contributed by atoms with Crippen molar-refractivity contribution in [3.8, 4) is 17.8 Å². The Balaban J connectivity index is 2.29. The van der Waals surface area contributed by atoms with Gasteiger partial charge in [0.25, 0.3) is 0 Å². The third kappa shape index (κ3) is 3.69. The quantitative estimate of drug-likeness (QED) is 0.625. The number of nitrogen functional groups attached to an aromatic ring is 1. The Morgan fingerprint density at radius 2 is 2.05 bits per heavy atom. The first-order valence-corrected chi connectivity index (χ1v) is 6.78. The van der Waals surface area contributed by atoms with E-state index in [2.05, 4.69) is 36.3 Å². The van der Waals surface area contributed by atoms with Crippen molar-refractivity contribution in [2.75, 3.05) is 12.0 Å². The van der Waals surface area contributed by atoms with Crippen molar-refractivity contribution in [1.29, 1.82) is 0 Å². The number of nitrogens with one attached hydrogen (secondary N) is 1. The van der Waals surface area contributed by atoms with Gasteiger partial charge in [0.05, 0.1) is 11.1 Å². The van der Waals surface area contributed by atoms with Gasteiger partial charge in [0.2, 0.25) is 5.95 Å². The van der Waals surface area contributed by atoms with Crippen LogP contribution in [0.2, 0.25) is 5.02 Å². The lowest BCUT2D eigenvalue weighted by molar-refractivity contribution is 0.303. The van der Waals surface area contributed by atoms with Gasteiger partial charge in [-0.15, -0.1) is 4.98 Å². The van der Waals surface area contributed by atoms with Crippen molar-refractivity contribution < 1.29 is 9.47 Å². The minimum atomic E-state index is 0.0550. The topological polar surface area (TPSA) is 95.2 Å². The van der Waals surface area contributed by atoms with Crippen LogP contribution in [0.4, 0.5) is 5.95 Å². The zero-order chi connectivity index (χ0) is 14.5. The van der Waals surface area contributed by atoms with E-state index in [1.807, 2.05) is 6.92 Å². The van der Waals surface area contributed by atoms with Gasteiger partial charge in [0.15, 0.2) is 0 Å². The van der Waals surface area contributed by atoms with Gasteiger partial charge in [0, 0.05) is 5.02 Å². The van der Waals surface area contributed by atoms with E-state index in [9.17, 15) is 0 Å². The second kappa shape index (κ2) is 6.69. The van der Waals surface area contributed by atoms with Crippen LogP contribution in [0, 0.1) is 0 Å². The van der Waals surface area contributed by atoms with Gasteiger partial charge in [-0.1, -0.05) is 11.6 Å². The van der Waals surface area contributed by atoms with E-state index < -0.39 is 0 Å². The molecule has 20 heavy (non-hydrogen) atoms. The first-order chi connectivity index (χ1) is 9.62. The SMILES string of the molecule is CCOc1nc(NN)nc(Oc2ccc(Cl)cc2Br)n1. The summed E-state index contributed by atoms with van der Waals surface area (Å²) in [5.41, 5.74) is 2.32. The average molecular weight is 361 g/mol. The summed E-state index contributed by atoms with van der Waals surface area (Å²) in [6.07, 6.45) is 0. The molecule has 0 saturated carbocycles. The fourth-order valence-electron chi connectivity index (χ4n) is 1.30. The Morgan fingerprint density at radius 1 is 1.30 bits per heavy atom. The normalized spacial score (nSPS) is 10.2. The Kier molecular flexibility index (Phi) is 4.94. The van der Waals surface area contributed by atoms with Gasteiger partial charge < -0.3 is 9.47 Å². The Bertz CT molecular complexity index is 613. The molecule has 0 aliphatic carbocycles. The minimum absolute atomic E-state index is 0.0550. The molecule has 7 nitrogen and oxygen atoms in total. The predicted molar refractivity (Wildman–Crippen MR) is 78.0 cm³/mol. The molecule has 1 aromatic carbocycles. The summed E-state index contributed by atoms with van der Waals surface area (Å²) in [5.74, 6) is 5.93. The highest BCUT2D eigenvalue weighted by molar-refractivity contribution is 9.10. The summed E-state index contributed by atoms with van der Waals surface area (Å²) in [6, 6.07) is 5.25. The first kappa shape index (κ1) is 14.8. The molecule has 0 atom stereocenters. The molecule has 1 heterocycles. The number of hydrazine groups is 1. The molecule has 2 aromatic rings. The van der Waals surface area contributed by atoms with Crippen molar-refractivity contribution in [3.63, 3.8) is 0 Å². The van der Waals surface area contributed by atoms with E-state index in [4.69, 9.17) is 26.9 Å². The lowest BCUT2D eigenvalue weighted by Crippen LogP contribution is -2.12. The number of halogens is 2. The van der Waals surface area contributed by atoms with Crippen molar-refractivity contribution in [1.82, 2.24) is 15.0 Å². The Hall–Kier alpha value is -1.64. The molecule has 0 aliphatic heterocycles. The fraction of sp³-hybridized carbons (Fsp3) is 0.182. The molecule has 9 heteroatoms. The number of rotatable bonds is 5. The van der Waals surface area contributed by atoms with Gasteiger partial charge in [-0.05, 0) is 41.1 Å². The number of hydrogen-bond donors (Lipinski definition) is 2.